The lowest BCUT2D eigenvalue weighted by molar-refractivity contribution is -0.0296. The van der Waals surface area contributed by atoms with Crippen LogP contribution in [0.2, 0.25) is 18.1 Å². The lowest BCUT2D eigenvalue weighted by atomic mass is 10.1. The van der Waals surface area contributed by atoms with Gasteiger partial charge in [-0.15, -0.1) is 11.8 Å². The fourth-order valence-electron chi connectivity index (χ4n) is 3.16. The van der Waals surface area contributed by atoms with E-state index in [2.05, 4.69) is 48.9 Å². The first-order valence-electron chi connectivity index (χ1n) is 9.51. The Balaban J connectivity index is 1.99. The number of hydrogen-bond acceptors (Lipinski definition) is 7. The van der Waals surface area contributed by atoms with Crippen molar-refractivity contribution in [2.75, 3.05) is 12.0 Å². The molecule has 4 atom stereocenters. The Morgan fingerprint density at radius 2 is 2.04 bits per heavy atom. The van der Waals surface area contributed by atoms with Crippen LogP contribution in [0.25, 0.3) is 11.0 Å². The van der Waals surface area contributed by atoms with Gasteiger partial charge in [0.1, 0.15) is 23.3 Å². The number of aromatic nitrogens is 4. The van der Waals surface area contributed by atoms with Gasteiger partial charge in [-0.05, 0) is 30.8 Å². The number of fused-ring (bicyclic) bond motifs is 1. The van der Waals surface area contributed by atoms with Gasteiger partial charge in [-0.2, -0.15) is 5.10 Å². The molecule has 1 aliphatic rings. The van der Waals surface area contributed by atoms with Gasteiger partial charge < -0.3 is 14.9 Å². The lowest BCUT2D eigenvalue weighted by Crippen LogP contribution is -2.48. The first-order valence-corrected chi connectivity index (χ1v) is 13.6. The molecule has 0 bridgehead atoms. The van der Waals surface area contributed by atoms with Crippen LogP contribution >= 0.6 is 11.8 Å². The fraction of sp³-hybridized carbons (Fsp3) is 0.722. The number of nitrogens with two attached hydrogens (primary N) is 1. The first-order chi connectivity index (χ1) is 13.0. The van der Waals surface area contributed by atoms with Crippen LogP contribution in [-0.2, 0) is 9.16 Å². The third-order valence-corrected chi connectivity index (χ3v) is 11.0. The highest BCUT2D eigenvalue weighted by atomic mass is 32.2. The summed E-state index contributed by atoms with van der Waals surface area (Å²) in [6, 6.07) is 0. The second kappa shape index (κ2) is 7.55. The Kier molecular flexibility index (Phi) is 5.79. The quantitative estimate of drug-likeness (QED) is 0.566. The fourth-order valence-corrected chi connectivity index (χ4v) is 5.05. The monoisotopic (exact) mass is 427 g/mol. The molecule has 156 valence electrons. The van der Waals surface area contributed by atoms with E-state index in [1.165, 1.54) is 22.8 Å². The van der Waals surface area contributed by atoms with E-state index in [1.807, 2.05) is 13.2 Å². The van der Waals surface area contributed by atoms with E-state index >= 15 is 4.39 Å². The zero-order valence-corrected chi connectivity index (χ0v) is 19.4. The first kappa shape index (κ1) is 21.5. The number of nitrogen functional groups attached to an aromatic ring is 1. The van der Waals surface area contributed by atoms with Gasteiger partial charge >= 0.3 is 0 Å². The Bertz CT molecular complexity index is 856. The van der Waals surface area contributed by atoms with Gasteiger partial charge in [-0.25, -0.2) is 19.0 Å². The minimum absolute atomic E-state index is 0.0187. The zero-order valence-electron chi connectivity index (χ0n) is 17.6. The smallest absolute Gasteiger partial charge is 0.192 e. The number of ether oxygens (including phenoxy) is 1. The Morgan fingerprint density at radius 1 is 1.36 bits per heavy atom. The Hall–Kier alpha value is -1.23. The molecule has 28 heavy (non-hydrogen) atoms. The molecule has 3 heterocycles. The zero-order chi connectivity index (χ0) is 20.9. The van der Waals surface area contributed by atoms with E-state index in [4.69, 9.17) is 14.9 Å². The van der Waals surface area contributed by atoms with Gasteiger partial charge in [0.05, 0.1) is 11.5 Å². The van der Waals surface area contributed by atoms with Crippen molar-refractivity contribution in [3.63, 3.8) is 0 Å². The summed E-state index contributed by atoms with van der Waals surface area (Å²) in [6.07, 6.45) is 0.673. The van der Waals surface area contributed by atoms with Crippen molar-refractivity contribution in [1.82, 2.24) is 19.7 Å². The van der Waals surface area contributed by atoms with Gasteiger partial charge in [0.15, 0.2) is 26.4 Å². The second-order valence-corrected chi connectivity index (χ2v) is 14.2. The molecular formula is C18H30FN5O2SSi. The number of alkyl halides is 1. The lowest BCUT2D eigenvalue weighted by Gasteiger charge is -2.39. The van der Waals surface area contributed by atoms with Gasteiger partial charge in [0.25, 0.3) is 0 Å². The van der Waals surface area contributed by atoms with Crippen molar-refractivity contribution < 1.29 is 13.6 Å². The molecule has 3 rings (SSSR count). The highest BCUT2D eigenvalue weighted by Gasteiger charge is 2.51. The number of hydrogen-bond donors (Lipinski definition) is 1. The maximum Gasteiger partial charge on any atom is 0.192 e. The van der Waals surface area contributed by atoms with E-state index in [0.717, 1.165) is 0 Å². The number of anilines is 1. The largest absolute Gasteiger partial charge is 0.408 e. The van der Waals surface area contributed by atoms with Crippen LogP contribution in [0.15, 0.2) is 11.4 Å². The molecule has 1 saturated heterocycles. The molecule has 0 aromatic carbocycles. The molecule has 1 fully saturated rings. The average molecular weight is 428 g/mol. The van der Waals surface area contributed by atoms with Crippen LogP contribution < -0.4 is 5.73 Å². The van der Waals surface area contributed by atoms with Crippen molar-refractivity contribution in [2.24, 2.45) is 0 Å². The summed E-state index contributed by atoms with van der Waals surface area (Å²) in [4.78, 5) is 8.34. The summed E-state index contributed by atoms with van der Waals surface area (Å²) >= 11 is 1.42. The van der Waals surface area contributed by atoms with Gasteiger partial charge in [0.2, 0.25) is 0 Å². The van der Waals surface area contributed by atoms with Crippen LogP contribution in [0.1, 0.15) is 40.3 Å². The Morgan fingerprint density at radius 3 is 2.61 bits per heavy atom. The molecule has 10 heteroatoms. The summed E-state index contributed by atoms with van der Waals surface area (Å²) in [5.41, 5.74) is 6.50. The van der Waals surface area contributed by atoms with Crippen molar-refractivity contribution in [3.05, 3.63) is 6.33 Å². The summed E-state index contributed by atoms with van der Waals surface area (Å²) in [5, 5.41) is 5.81. The third-order valence-electron chi connectivity index (χ3n) is 5.83. The molecule has 0 unspecified atom stereocenters. The van der Waals surface area contributed by atoms with E-state index in [1.54, 1.807) is 0 Å². The number of rotatable bonds is 5. The third kappa shape index (κ3) is 3.55. The molecule has 0 spiro atoms. The molecule has 1 aliphatic heterocycles. The van der Waals surface area contributed by atoms with Crippen LogP contribution in [0.5, 0.6) is 0 Å². The SMILES string of the molecule is CC[C@@H]1O[C@@H](n2nc(SC)c3c(N)ncnc32)[C@@H](F)[C@@H]1O[Si](C)(C)C(C)(C)C. The normalized spacial score (nSPS) is 26.3. The highest BCUT2D eigenvalue weighted by molar-refractivity contribution is 7.98. The molecule has 0 amide bonds. The van der Waals surface area contributed by atoms with Crippen molar-refractivity contribution >= 4 is 36.9 Å². The van der Waals surface area contributed by atoms with E-state index < -0.39 is 26.8 Å². The van der Waals surface area contributed by atoms with Gasteiger partial charge in [-0.1, -0.05) is 27.7 Å². The molecule has 2 aromatic rings. The predicted octanol–water partition coefficient (Wildman–Crippen LogP) is 4.17. The molecule has 2 N–H and O–H groups in total. The number of thioether (sulfide) groups is 1. The number of nitrogens with zero attached hydrogens (tertiary/aromatic N) is 4. The number of halogens is 1. The van der Waals surface area contributed by atoms with Crippen LogP contribution in [0.4, 0.5) is 10.2 Å². The van der Waals surface area contributed by atoms with E-state index in [-0.39, 0.29) is 11.1 Å². The van der Waals surface area contributed by atoms with Gasteiger partial charge in [-0.3, -0.25) is 0 Å². The van der Waals surface area contributed by atoms with Crippen molar-refractivity contribution in [2.45, 2.75) is 81.9 Å². The van der Waals surface area contributed by atoms with Crippen LogP contribution in [0, 0.1) is 0 Å². The Labute approximate surface area is 170 Å². The molecule has 2 aromatic heterocycles. The van der Waals surface area contributed by atoms with Crippen molar-refractivity contribution in [3.8, 4) is 0 Å². The predicted molar refractivity (Wildman–Crippen MR) is 113 cm³/mol. The molecule has 7 nitrogen and oxygen atoms in total. The minimum atomic E-state index is -2.16. The standard InChI is InChI=1S/C18H30FN5O2SSi/c1-8-10-13(26-28(6,7)18(2,3)4)12(19)17(25-10)24-15-11(16(23-24)27-5)14(20)21-9-22-15/h9-10,12-13,17H,8H2,1-7H3,(H2,20,21,22)/t10-,12-,13+,17+/m0/s1. The summed E-state index contributed by atoms with van der Waals surface area (Å²) in [5.74, 6) is 0.329. The molecular weight excluding hydrogens is 397 g/mol. The second-order valence-electron chi connectivity index (χ2n) is 8.67. The molecule has 0 saturated carbocycles. The minimum Gasteiger partial charge on any atom is -0.408 e. The van der Waals surface area contributed by atoms with Crippen LogP contribution in [0.3, 0.4) is 0 Å². The average Bonchev–Trinajstić information content (AvgIpc) is 3.13. The highest BCUT2D eigenvalue weighted by Crippen LogP contribution is 2.43. The maximum absolute atomic E-state index is 15.7. The summed E-state index contributed by atoms with van der Waals surface area (Å²) in [7, 11) is -2.16. The van der Waals surface area contributed by atoms with E-state index in [0.29, 0.717) is 28.3 Å². The summed E-state index contributed by atoms with van der Waals surface area (Å²) in [6.45, 7) is 12.7. The molecule has 0 radical (unpaired) electrons. The topological polar surface area (TPSA) is 88.1 Å². The maximum atomic E-state index is 15.7. The molecule has 0 aliphatic carbocycles. The summed E-state index contributed by atoms with van der Waals surface area (Å²) < 4.78 is 29.7. The van der Waals surface area contributed by atoms with E-state index in [9.17, 15) is 0 Å². The van der Waals surface area contributed by atoms with Crippen molar-refractivity contribution in [1.29, 1.82) is 0 Å². The van der Waals surface area contributed by atoms with Crippen LogP contribution in [-0.4, -0.2) is 52.7 Å². The van der Waals surface area contributed by atoms with Gasteiger partial charge in [0, 0.05) is 0 Å².